The van der Waals surface area contributed by atoms with Gasteiger partial charge in [0.2, 0.25) is 5.91 Å². The Labute approximate surface area is 184 Å². The smallest absolute Gasteiger partial charge is 0.352 e. The van der Waals surface area contributed by atoms with Gasteiger partial charge in [0.25, 0.3) is 0 Å². The van der Waals surface area contributed by atoms with Crippen LogP contribution in [0, 0.1) is 5.92 Å². The third kappa shape index (κ3) is 5.57. The fraction of sp³-hybridized carbons (Fsp3) is 0.476. The molecule has 1 aromatic rings. The molecule has 0 spiro atoms. The number of amides is 1. The van der Waals surface area contributed by atoms with Crippen LogP contribution < -0.4 is 16.0 Å². The SMILES string of the molecule is C[C@@H](O)C[C@@H]1NC(C(=O)O)=C(S[C@@H]2CN[C@H](C(=O)Nc3cccc(C(=O)O)c3)C2)[C@@H]1C. The summed E-state index contributed by atoms with van der Waals surface area (Å²) >= 11 is 1.46. The molecule has 9 nitrogen and oxygen atoms in total. The van der Waals surface area contributed by atoms with Gasteiger partial charge in [0.05, 0.1) is 17.7 Å². The highest BCUT2D eigenvalue weighted by atomic mass is 32.2. The zero-order chi connectivity index (χ0) is 22.7. The summed E-state index contributed by atoms with van der Waals surface area (Å²) in [6, 6.07) is 5.44. The van der Waals surface area contributed by atoms with Crippen molar-refractivity contribution in [3.8, 4) is 0 Å². The number of carbonyl (C=O) groups excluding carboxylic acids is 1. The fourth-order valence-corrected chi connectivity index (χ4v) is 5.36. The molecule has 1 amide bonds. The van der Waals surface area contributed by atoms with Gasteiger partial charge in [-0.25, -0.2) is 9.59 Å². The molecule has 0 radical (unpaired) electrons. The second-order valence-electron chi connectivity index (χ2n) is 7.98. The average molecular weight is 450 g/mol. The first-order valence-electron chi connectivity index (χ1n) is 10.1. The molecule has 0 saturated carbocycles. The van der Waals surface area contributed by atoms with Gasteiger partial charge in [0.15, 0.2) is 0 Å². The number of hydrogen-bond acceptors (Lipinski definition) is 7. The first kappa shape index (κ1) is 23.1. The summed E-state index contributed by atoms with van der Waals surface area (Å²) in [4.78, 5) is 36.1. The predicted octanol–water partition coefficient (Wildman–Crippen LogP) is 1.46. The Kier molecular flexibility index (Phi) is 7.24. The van der Waals surface area contributed by atoms with E-state index >= 15 is 0 Å². The molecule has 2 aliphatic rings. The summed E-state index contributed by atoms with van der Waals surface area (Å²) in [5.74, 6) is -2.41. The van der Waals surface area contributed by atoms with Crippen molar-refractivity contribution in [1.29, 1.82) is 0 Å². The first-order chi connectivity index (χ1) is 14.7. The van der Waals surface area contributed by atoms with Crippen LogP contribution in [0.4, 0.5) is 5.69 Å². The van der Waals surface area contributed by atoms with Crippen molar-refractivity contribution in [3.63, 3.8) is 0 Å². The molecular weight excluding hydrogens is 422 g/mol. The molecule has 168 valence electrons. The highest BCUT2D eigenvalue weighted by Crippen LogP contribution is 2.40. The maximum Gasteiger partial charge on any atom is 0.352 e. The minimum absolute atomic E-state index is 0.0139. The van der Waals surface area contributed by atoms with E-state index in [1.54, 1.807) is 19.1 Å². The summed E-state index contributed by atoms with van der Waals surface area (Å²) in [5, 5.41) is 37.3. The molecule has 2 heterocycles. The van der Waals surface area contributed by atoms with E-state index in [0.29, 0.717) is 25.1 Å². The second kappa shape index (κ2) is 9.71. The van der Waals surface area contributed by atoms with Gasteiger partial charge in [-0.05, 0) is 38.0 Å². The van der Waals surface area contributed by atoms with Crippen LogP contribution in [0.25, 0.3) is 0 Å². The molecule has 1 saturated heterocycles. The molecule has 1 fully saturated rings. The number of aliphatic hydroxyl groups is 1. The maximum absolute atomic E-state index is 12.6. The van der Waals surface area contributed by atoms with Crippen molar-refractivity contribution in [1.82, 2.24) is 10.6 Å². The third-order valence-corrected chi connectivity index (χ3v) is 7.00. The van der Waals surface area contributed by atoms with Crippen LogP contribution in [-0.2, 0) is 9.59 Å². The van der Waals surface area contributed by atoms with Crippen molar-refractivity contribution in [2.45, 2.75) is 50.1 Å². The number of nitrogens with one attached hydrogen (secondary N) is 3. The number of thioether (sulfide) groups is 1. The minimum atomic E-state index is -1.07. The molecule has 0 bridgehead atoms. The third-order valence-electron chi connectivity index (χ3n) is 5.48. The number of carboxylic acids is 2. The zero-order valence-electron chi connectivity index (χ0n) is 17.3. The molecule has 0 aliphatic carbocycles. The van der Waals surface area contributed by atoms with Crippen molar-refractivity contribution >= 4 is 35.3 Å². The molecule has 1 aromatic carbocycles. The number of carbonyl (C=O) groups is 3. The Balaban J connectivity index is 1.62. The summed E-state index contributed by atoms with van der Waals surface area (Å²) < 4.78 is 0. The number of rotatable bonds is 8. The lowest BCUT2D eigenvalue weighted by Crippen LogP contribution is -2.35. The van der Waals surface area contributed by atoms with Gasteiger partial charge < -0.3 is 31.3 Å². The highest BCUT2D eigenvalue weighted by Gasteiger charge is 2.38. The van der Waals surface area contributed by atoms with E-state index in [1.807, 2.05) is 6.92 Å². The van der Waals surface area contributed by atoms with E-state index < -0.39 is 24.1 Å². The van der Waals surface area contributed by atoms with Gasteiger partial charge in [0.1, 0.15) is 5.70 Å². The van der Waals surface area contributed by atoms with E-state index in [4.69, 9.17) is 5.11 Å². The van der Waals surface area contributed by atoms with E-state index in [9.17, 15) is 24.6 Å². The summed E-state index contributed by atoms with van der Waals surface area (Å²) in [7, 11) is 0. The number of aliphatic hydroxyl groups excluding tert-OH is 1. The molecule has 3 rings (SSSR count). The van der Waals surface area contributed by atoms with Gasteiger partial charge in [0, 0.05) is 34.3 Å². The van der Waals surface area contributed by atoms with E-state index in [1.165, 1.54) is 23.9 Å². The van der Waals surface area contributed by atoms with Crippen LogP contribution in [0.1, 0.15) is 37.0 Å². The first-order valence-corrected chi connectivity index (χ1v) is 11.0. The lowest BCUT2D eigenvalue weighted by Gasteiger charge is -2.20. The summed E-state index contributed by atoms with van der Waals surface area (Å²) in [6.07, 6.45) is 0.421. The fourth-order valence-electron chi connectivity index (χ4n) is 3.89. The van der Waals surface area contributed by atoms with E-state index in [0.717, 1.165) is 4.91 Å². The van der Waals surface area contributed by atoms with Gasteiger partial charge in [-0.2, -0.15) is 0 Å². The topological polar surface area (TPSA) is 148 Å². The summed E-state index contributed by atoms with van der Waals surface area (Å²) in [6.45, 7) is 4.17. The Morgan fingerprint density at radius 3 is 2.65 bits per heavy atom. The van der Waals surface area contributed by atoms with Crippen LogP contribution in [0.15, 0.2) is 34.9 Å². The van der Waals surface area contributed by atoms with Crippen LogP contribution in [0.3, 0.4) is 0 Å². The van der Waals surface area contributed by atoms with Crippen LogP contribution in [0.5, 0.6) is 0 Å². The number of anilines is 1. The average Bonchev–Trinajstić information content (AvgIpc) is 3.28. The van der Waals surface area contributed by atoms with E-state index in [2.05, 4.69) is 16.0 Å². The molecule has 5 atom stereocenters. The van der Waals surface area contributed by atoms with Gasteiger partial charge in [-0.1, -0.05) is 13.0 Å². The molecule has 6 N–H and O–H groups in total. The molecule has 31 heavy (non-hydrogen) atoms. The summed E-state index contributed by atoms with van der Waals surface area (Å²) in [5.41, 5.74) is 0.669. The maximum atomic E-state index is 12.6. The number of benzene rings is 1. The van der Waals surface area contributed by atoms with E-state index in [-0.39, 0.29) is 34.4 Å². The Morgan fingerprint density at radius 1 is 1.26 bits per heavy atom. The molecule has 2 aliphatic heterocycles. The van der Waals surface area contributed by atoms with Crippen LogP contribution in [0.2, 0.25) is 0 Å². The monoisotopic (exact) mass is 449 g/mol. The number of aliphatic carboxylic acids is 1. The minimum Gasteiger partial charge on any atom is -0.478 e. The normalized spacial score (nSPS) is 26.4. The number of aromatic carboxylic acids is 1. The number of carboxylic acid groups (broad SMARTS) is 2. The number of hydrogen-bond donors (Lipinski definition) is 6. The lowest BCUT2D eigenvalue weighted by atomic mass is 9.99. The zero-order valence-corrected chi connectivity index (χ0v) is 18.1. The van der Waals surface area contributed by atoms with Crippen molar-refractivity contribution in [2.24, 2.45) is 5.92 Å². The second-order valence-corrected chi connectivity index (χ2v) is 9.32. The molecular formula is C21H27N3O6S. The Hall–Kier alpha value is -2.56. The molecule has 0 unspecified atom stereocenters. The van der Waals surface area contributed by atoms with Crippen molar-refractivity contribution in [3.05, 3.63) is 40.4 Å². The highest BCUT2D eigenvalue weighted by molar-refractivity contribution is 8.03. The van der Waals surface area contributed by atoms with Gasteiger partial charge in [-0.3, -0.25) is 4.79 Å². The largest absolute Gasteiger partial charge is 0.478 e. The standard InChI is InChI=1S/C21H27N3O6S/c1-10(25)6-15-11(2)18(17(24-15)21(29)30)31-14-8-16(22-9-14)19(26)23-13-5-3-4-12(7-13)20(27)28/h3-5,7,10-11,14-16,22,24-25H,6,8-9H2,1-2H3,(H,23,26)(H,27,28)(H,29,30)/t10-,11-,14+,15+,16+/m1/s1. The Bertz CT molecular complexity index is 903. The Morgan fingerprint density at radius 2 is 2.00 bits per heavy atom. The molecule has 0 aromatic heterocycles. The van der Waals surface area contributed by atoms with Crippen LogP contribution >= 0.6 is 11.8 Å². The van der Waals surface area contributed by atoms with Crippen molar-refractivity contribution < 1.29 is 29.7 Å². The lowest BCUT2D eigenvalue weighted by molar-refractivity contribution is -0.133. The van der Waals surface area contributed by atoms with Gasteiger partial charge >= 0.3 is 11.9 Å². The predicted molar refractivity (Wildman–Crippen MR) is 117 cm³/mol. The molecule has 10 heteroatoms. The quantitative estimate of drug-likeness (QED) is 0.347. The van der Waals surface area contributed by atoms with Crippen LogP contribution in [-0.4, -0.2) is 63.1 Å². The van der Waals surface area contributed by atoms with Gasteiger partial charge in [-0.15, -0.1) is 11.8 Å². The van der Waals surface area contributed by atoms with Crippen molar-refractivity contribution in [2.75, 3.05) is 11.9 Å².